The van der Waals surface area contributed by atoms with Crippen LogP contribution in [0.4, 0.5) is 5.82 Å². The van der Waals surface area contributed by atoms with Gasteiger partial charge in [-0.05, 0) is 49.1 Å². The second-order valence-corrected chi connectivity index (χ2v) is 9.65. The van der Waals surface area contributed by atoms with Gasteiger partial charge in [-0.3, -0.25) is 4.98 Å². The van der Waals surface area contributed by atoms with E-state index in [-0.39, 0.29) is 17.7 Å². The van der Waals surface area contributed by atoms with Gasteiger partial charge < -0.3 is 9.88 Å². The smallest absolute Gasteiger partial charge is 0.179 e. The molecule has 0 bridgehead atoms. The van der Waals surface area contributed by atoms with Crippen LogP contribution in [0, 0.1) is 5.92 Å². The minimum absolute atomic E-state index is 0.142. The van der Waals surface area contributed by atoms with Crippen molar-refractivity contribution in [3.63, 3.8) is 0 Å². The lowest BCUT2D eigenvalue weighted by molar-refractivity contribution is 0.282. The van der Waals surface area contributed by atoms with Crippen LogP contribution >= 0.6 is 0 Å². The molecule has 148 valence electrons. The van der Waals surface area contributed by atoms with Crippen molar-refractivity contribution in [1.29, 1.82) is 0 Å². The van der Waals surface area contributed by atoms with Gasteiger partial charge in [-0.1, -0.05) is 6.07 Å². The summed E-state index contributed by atoms with van der Waals surface area (Å²) in [6, 6.07) is 11.1. The summed E-state index contributed by atoms with van der Waals surface area (Å²) in [5.74, 6) is 1.18. The SMILES string of the molecule is CN(c1ncnc2[nH]ccc12)[C@H]1C[C@@H](CS(=O)(=O)c2cccc3ncccc23)C1. The van der Waals surface area contributed by atoms with E-state index in [0.717, 1.165) is 29.7 Å². The minimum Gasteiger partial charge on any atom is -0.356 e. The quantitative estimate of drug-likeness (QED) is 0.546. The fourth-order valence-corrected chi connectivity index (χ4v) is 6.08. The van der Waals surface area contributed by atoms with E-state index < -0.39 is 9.84 Å². The molecule has 0 aliphatic heterocycles. The lowest BCUT2D eigenvalue weighted by Crippen LogP contribution is -2.45. The first kappa shape index (κ1) is 18.1. The van der Waals surface area contributed by atoms with Gasteiger partial charge in [0.15, 0.2) is 9.84 Å². The second kappa shape index (κ2) is 6.81. The molecule has 7 nitrogen and oxygen atoms in total. The number of sulfone groups is 1. The van der Waals surface area contributed by atoms with E-state index in [1.807, 2.05) is 31.4 Å². The van der Waals surface area contributed by atoms with Gasteiger partial charge in [0.1, 0.15) is 17.8 Å². The Bertz CT molecular complexity index is 1290. The number of H-pyrrole nitrogens is 1. The molecule has 1 aliphatic carbocycles. The molecule has 0 atom stereocenters. The van der Waals surface area contributed by atoms with E-state index in [1.54, 1.807) is 30.7 Å². The van der Waals surface area contributed by atoms with E-state index in [2.05, 4.69) is 24.8 Å². The molecule has 1 N–H and O–H groups in total. The predicted molar refractivity (Wildman–Crippen MR) is 113 cm³/mol. The first-order valence-corrected chi connectivity index (χ1v) is 11.3. The third kappa shape index (κ3) is 3.13. The largest absolute Gasteiger partial charge is 0.356 e. The maximum atomic E-state index is 13.1. The number of nitrogens with one attached hydrogen (secondary N) is 1. The lowest BCUT2D eigenvalue weighted by Gasteiger charge is -2.41. The van der Waals surface area contributed by atoms with Crippen LogP contribution in [-0.4, -0.2) is 47.2 Å². The standard InChI is InChI=1S/C21H21N5O2S/c1-26(21-17-7-9-23-20(17)24-13-25-21)15-10-14(11-15)12-29(27,28)19-6-2-5-18-16(19)4-3-8-22-18/h2-9,13-15H,10-12H2,1H3,(H,23,24,25)/t14-,15+. The number of rotatable bonds is 5. The summed E-state index contributed by atoms with van der Waals surface area (Å²) in [7, 11) is -1.36. The molecule has 4 aromatic rings. The first-order chi connectivity index (χ1) is 14.0. The summed E-state index contributed by atoms with van der Waals surface area (Å²) < 4.78 is 26.1. The highest BCUT2D eigenvalue weighted by Crippen LogP contribution is 2.37. The molecule has 1 aromatic carbocycles. The maximum absolute atomic E-state index is 13.1. The van der Waals surface area contributed by atoms with Gasteiger partial charge in [0, 0.05) is 30.9 Å². The number of anilines is 1. The van der Waals surface area contributed by atoms with Gasteiger partial charge >= 0.3 is 0 Å². The van der Waals surface area contributed by atoms with E-state index in [4.69, 9.17) is 0 Å². The number of benzene rings is 1. The molecule has 0 unspecified atom stereocenters. The summed E-state index contributed by atoms with van der Waals surface area (Å²) in [4.78, 5) is 18.6. The normalized spacial score (nSPS) is 19.3. The van der Waals surface area contributed by atoms with Crippen molar-refractivity contribution in [1.82, 2.24) is 19.9 Å². The number of aromatic nitrogens is 4. The Labute approximate surface area is 168 Å². The van der Waals surface area contributed by atoms with Crippen molar-refractivity contribution in [3.05, 3.63) is 55.1 Å². The minimum atomic E-state index is -3.38. The highest BCUT2D eigenvalue weighted by atomic mass is 32.2. The first-order valence-electron chi connectivity index (χ1n) is 9.60. The van der Waals surface area contributed by atoms with E-state index in [0.29, 0.717) is 15.8 Å². The topological polar surface area (TPSA) is 91.8 Å². The molecule has 1 saturated carbocycles. The molecule has 8 heteroatoms. The third-order valence-corrected chi connectivity index (χ3v) is 7.76. The molecule has 0 spiro atoms. The van der Waals surface area contributed by atoms with Gasteiger partial charge in [-0.15, -0.1) is 0 Å². The number of hydrogen-bond acceptors (Lipinski definition) is 6. The highest BCUT2D eigenvalue weighted by molar-refractivity contribution is 7.91. The van der Waals surface area contributed by atoms with E-state index >= 15 is 0 Å². The number of pyridine rings is 1. The summed E-state index contributed by atoms with van der Waals surface area (Å²) in [5, 5.41) is 1.67. The lowest BCUT2D eigenvalue weighted by atomic mass is 9.81. The molecule has 5 rings (SSSR count). The molecule has 1 aliphatic rings. The van der Waals surface area contributed by atoms with Crippen LogP contribution in [-0.2, 0) is 9.84 Å². The number of aromatic amines is 1. The van der Waals surface area contributed by atoms with Crippen LogP contribution in [0.2, 0.25) is 0 Å². The van der Waals surface area contributed by atoms with Gasteiger partial charge in [0.05, 0.1) is 21.6 Å². The Hall–Kier alpha value is -3.00. The van der Waals surface area contributed by atoms with Crippen molar-refractivity contribution in [2.75, 3.05) is 17.7 Å². The number of hydrogen-bond donors (Lipinski definition) is 1. The van der Waals surface area contributed by atoms with Crippen molar-refractivity contribution in [3.8, 4) is 0 Å². The molecule has 0 saturated heterocycles. The van der Waals surface area contributed by atoms with Crippen LogP contribution in [0.15, 0.2) is 60.0 Å². The van der Waals surface area contributed by atoms with Gasteiger partial charge in [0.2, 0.25) is 0 Å². The summed E-state index contributed by atoms with van der Waals surface area (Å²) in [5.41, 5.74) is 1.52. The monoisotopic (exact) mass is 407 g/mol. The maximum Gasteiger partial charge on any atom is 0.179 e. The van der Waals surface area contributed by atoms with Gasteiger partial charge in [-0.2, -0.15) is 0 Å². The van der Waals surface area contributed by atoms with E-state index in [1.165, 1.54) is 0 Å². The Morgan fingerprint density at radius 1 is 1.07 bits per heavy atom. The molecule has 0 radical (unpaired) electrons. The zero-order valence-corrected chi connectivity index (χ0v) is 16.8. The molecular formula is C21H21N5O2S. The average molecular weight is 407 g/mol. The molecular weight excluding hydrogens is 386 g/mol. The van der Waals surface area contributed by atoms with Crippen molar-refractivity contribution < 1.29 is 8.42 Å². The second-order valence-electron chi connectivity index (χ2n) is 7.65. The third-order valence-electron chi connectivity index (χ3n) is 5.82. The van der Waals surface area contributed by atoms with Crippen LogP contribution in [0.5, 0.6) is 0 Å². The zero-order valence-electron chi connectivity index (χ0n) is 16.0. The Kier molecular flexibility index (Phi) is 4.24. The summed E-state index contributed by atoms with van der Waals surface area (Å²) >= 11 is 0. The molecule has 29 heavy (non-hydrogen) atoms. The van der Waals surface area contributed by atoms with Gasteiger partial charge in [0.25, 0.3) is 0 Å². The van der Waals surface area contributed by atoms with E-state index in [9.17, 15) is 8.42 Å². The Morgan fingerprint density at radius 3 is 2.79 bits per heavy atom. The highest BCUT2D eigenvalue weighted by Gasteiger charge is 2.36. The predicted octanol–water partition coefficient (Wildman–Crippen LogP) is 3.19. The number of nitrogens with zero attached hydrogens (tertiary/aromatic N) is 4. The molecule has 3 aromatic heterocycles. The average Bonchev–Trinajstić information content (AvgIpc) is 3.18. The summed E-state index contributed by atoms with van der Waals surface area (Å²) in [6.07, 6.45) is 6.74. The fraction of sp³-hybridized carbons (Fsp3) is 0.286. The zero-order chi connectivity index (χ0) is 20.0. The molecule has 0 amide bonds. The summed E-state index contributed by atoms with van der Waals surface area (Å²) in [6.45, 7) is 0. The van der Waals surface area contributed by atoms with Crippen LogP contribution in [0.3, 0.4) is 0 Å². The van der Waals surface area contributed by atoms with Crippen LogP contribution in [0.1, 0.15) is 12.8 Å². The Morgan fingerprint density at radius 2 is 1.93 bits per heavy atom. The Balaban J connectivity index is 1.32. The fourth-order valence-electron chi connectivity index (χ4n) is 4.21. The van der Waals surface area contributed by atoms with Crippen molar-refractivity contribution in [2.24, 2.45) is 5.92 Å². The van der Waals surface area contributed by atoms with Crippen LogP contribution < -0.4 is 4.90 Å². The van der Waals surface area contributed by atoms with Crippen LogP contribution in [0.25, 0.3) is 21.9 Å². The van der Waals surface area contributed by atoms with Crippen molar-refractivity contribution in [2.45, 2.75) is 23.8 Å². The number of fused-ring (bicyclic) bond motifs is 2. The molecule has 1 fully saturated rings. The van der Waals surface area contributed by atoms with Gasteiger partial charge in [-0.25, -0.2) is 18.4 Å². The molecule has 3 heterocycles. The van der Waals surface area contributed by atoms with Crippen molar-refractivity contribution >= 4 is 37.6 Å².